The Morgan fingerprint density at radius 3 is 2.21 bits per heavy atom. The first-order valence-corrected chi connectivity index (χ1v) is 10.6. The molecule has 0 aliphatic heterocycles. The number of rotatable bonds is 9. The molecule has 1 N–H and O–H groups in total. The monoisotopic (exact) mass is 464 g/mol. The van der Waals surface area contributed by atoms with Crippen molar-refractivity contribution >= 4 is 5.78 Å². The van der Waals surface area contributed by atoms with Crippen molar-refractivity contribution in [3.63, 3.8) is 0 Å². The lowest BCUT2D eigenvalue weighted by atomic mass is 10.0. The predicted molar refractivity (Wildman–Crippen MR) is 122 cm³/mol. The fourth-order valence-corrected chi connectivity index (χ4v) is 3.49. The Labute approximate surface area is 195 Å². The van der Waals surface area contributed by atoms with Gasteiger partial charge in [0.15, 0.2) is 17.3 Å². The largest absolute Gasteiger partial charge is 0.502 e. The number of nitrogens with zero attached hydrogens (tertiary/aromatic N) is 2. The van der Waals surface area contributed by atoms with E-state index in [1.807, 2.05) is 6.92 Å². The molecule has 0 spiro atoms. The molecule has 0 radical (unpaired) electrons. The second kappa shape index (κ2) is 9.80. The number of phenolic OH excluding ortho intramolecular Hbond substituents is 1. The molecule has 0 aliphatic rings. The quantitative estimate of drug-likeness (QED) is 0.342. The Morgan fingerprint density at radius 1 is 0.971 bits per heavy atom. The number of aryl methyl sites for hydroxylation is 1. The van der Waals surface area contributed by atoms with E-state index in [2.05, 4.69) is 10.2 Å². The smallest absolute Gasteiger partial charge is 0.247 e. The van der Waals surface area contributed by atoms with E-state index in [1.165, 1.54) is 14.2 Å². The van der Waals surface area contributed by atoms with Gasteiger partial charge in [-0.05, 0) is 48.9 Å². The standard InChI is InChI=1S/C25H24N2O7/c1-5-32-24(15-6-8-16(9-7-15)25-27-26-14(2)33-25)23(29)19-11-10-18(34-19)17-12-20(30-3)22(28)21(13-17)31-4/h6-13,24,28H,5H2,1-4H3. The molecule has 9 nitrogen and oxygen atoms in total. The topological polar surface area (TPSA) is 117 Å². The minimum Gasteiger partial charge on any atom is -0.502 e. The van der Waals surface area contributed by atoms with Crippen LogP contribution in [-0.2, 0) is 4.74 Å². The normalized spacial score (nSPS) is 11.9. The molecule has 4 rings (SSSR count). The summed E-state index contributed by atoms with van der Waals surface area (Å²) < 4.78 is 27.5. The minimum absolute atomic E-state index is 0.118. The van der Waals surface area contributed by atoms with Gasteiger partial charge in [0.05, 0.1) is 14.2 Å². The number of carbonyl (C=O) groups excluding carboxylic acids is 1. The second-order valence-corrected chi connectivity index (χ2v) is 7.34. The Morgan fingerprint density at radius 2 is 1.65 bits per heavy atom. The molecule has 1 atom stereocenters. The molecule has 0 amide bonds. The summed E-state index contributed by atoms with van der Waals surface area (Å²) >= 11 is 0. The first-order valence-electron chi connectivity index (χ1n) is 10.6. The zero-order chi connectivity index (χ0) is 24.2. The fourth-order valence-electron chi connectivity index (χ4n) is 3.49. The lowest BCUT2D eigenvalue weighted by Gasteiger charge is -2.15. The number of aromatic hydroxyl groups is 1. The summed E-state index contributed by atoms with van der Waals surface area (Å²) in [6, 6.07) is 13.6. The van der Waals surface area contributed by atoms with Gasteiger partial charge in [-0.2, -0.15) is 0 Å². The molecule has 0 fully saturated rings. The van der Waals surface area contributed by atoms with Crippen molar-refractivity contribution in [2.24, 2.45) is 0 Å². The van der Waals surface area contributed by atoms with Crippen molar-refractivity contribution < 1.29 is 32.9 Å². The fraction of sp³-hybridized carbons (Fsp3) is 0.240. The number of ketones is 1. The van der Waals surface area contributed by atoms with Gasteiger partial charge in [-0.25, -0.2) is 0 Å². The summed E-state index contributed by atoms with van der Waals surface area (Å²) in [5.74, 6) is 1.43. The Bertz CT molecular complexity index is 1270. The number of methoxy groups -OCH3 is 2. The molecule has 176 valence electrons. The Balaban J connectivity index is 1.61. The van der Waals surface area contributed by atoms with Gasteiger partial charge in [-0.3, -0.25) is 4.79 Å². The highest BCUT2D eigenvalue weighted by Gasteiger charge is 2.26. The van der Waals surface area contributed by atoms with Crippen molar-refractivity contribution in [1.82, 2.24) is 10.2 Å². The number of phenols is 1. The van der Waals surface area contributed by atoms with Crippen molar-refractivity contribution in [3.8, 4) is 40.0 Å². The predicted octanol–water partition coefficient (Wildman–Crippen LogP) is 4.99. The molecule has 0 aliphatic carbocycles. The van der Waals surface area contributed by atoms with Gasteiger partial charge in [-0.15, -0.1) is 10.2 Å². The van der Waals surface area contributed by atoms with Crippen molar-refractivity contribution in [2.75, 3.05) is 20.8 Å². The van der Waals surface area contributed by atoms with Crippen LogP contribution in [0, 0.1) is 6.92 Å². The number of carbonyl (C=O) groups is 1. The number of Topliss-reactive ketones (excluding diaryl/α,β-unsaturated/α-hetero) is 1. The number of ether oxygens (including phenoxy) is 3. The second-order valence-electron chi connectivity index (χ2n) is 7.34. The van der Waals surface area contributed by atoms with Crippen molar-refractivity contribution in [2.45, 2.75) is 20.0 Å². The minimum atomic E-state index is -0.855. The molecule has 0 saturated carbocycles. The van der Waals surface area contributed by atoms with Gasteiger partial charge in [0.1, 0.15) is 11.9 Å². The third-order valence-corrected chi connectivity index (χ3v) is 5.17. The molecule has 4 aromatic rings. The molecule has 0 saturated heterocycles. The summed E-state index contributed by atoms with van der Waals surface area (Å²) in [5.41, 5.74) is 1.98. The summed E-state index contributed by atoms with van der Waals surface area (Å²) in [5, 5.41) is 18.0. The Kier molecular flexibility index (Phi) is 6.65. The first kappa shape index (κ1) is 23.1. The van der Waals surface area contributed by atoms with Gasteiger partial charge in [-0.1, -0.05) is 12.1 Å². The summed E-state index contributed by atoms with van der Waals surface area (Å²) in [7, 11) is 2.87. The van der Waals surface area contributed by atoms with E-state index in [-0.39, 0.29) is 28.8 Å². The van der Waals surface area contributed by atoms with Crippen LogP contribution < -0.4 is 9.47 Å². The van der Waals surface area contributed by atoms with Crippen LogP contribution in [0.2, 0.25) is 0 Å². The zero-order valence-corrected chi connectivity index (χ0v) is 19.2. The maximum atomic E-state index is 13.3. The highest BCUT2D eigenvalue weighted by Crippen LogP contribution is 2.41. The molecule has 1 unspecified atom stereocenters. The molecule has 2 heterocycles. The molecular formula is C25H24N2O7. The first-order chi connectivity index (χ1) is 16.4. The molecule has 0 bridgehead atoms. The Hall–Kier alpha value is -4.11. The van der Waals surface area contributed by atoms with E-state index in [1.54, 1.807) is 55.5 Å². The maximum Gasteiger partial charge on any atom is 0.247 e. The third kappa shape index (κ3) is 4.51. The van der Waals surface area contributed by atoms with Gasteiger partial charge in [0.2, 0.25) is 23.3 Å². The molecule has 9 heteroatoms. The SMILES string of the molecule is CCOC(C(=O)c1ccc(-c2cc(OC)c(O)c(OC)c2)o1)c1ccc(-c2nnc(C)o2)cc1. The molecule has 2 aromatic heterocycles. The average Bonchev–Trinajstić information content (AvgIpc) is 3.52. The lowest BCUT2D eigenvalue weighted by Crippen LogP contribution is -2.16. The maximum absolute atomic E-state index is 13.3. The van der Waals surface area contributed by atoms with Crippen LogP contribution in [0.1, 0.15) is 35.0 Å². The van der Waals surface area contributed by atoms with Crippen LogP contribution in [0.15, 0.2) is 57.4 Å². The highest BCUT2D eigenvalue weighted by atomic mass is 16.5. The van der Waals surface area contributed by atoms with Crippen LogP contribution >= 0.6 is 0 Å². The van der Waals surface area contributed by atoms with Crippen LogP contribution in [-0.4, -0.2) is 41.9 Å². The van der Waals surface area contributed by atoms with E-state index >= 15 is 0 Å². The third-order valence-electron chi connectivity index (χ3n) is 5.17. The summed E-state index contributed by atoms with van der Waals surface area (Å²) in [6.45, 7) is 3.87. The van der Waals surface area contributed by atoms with Gasteiger partial charge >= 0.3 is 0 Å². The number of hydrogen-bond acceptors (Lipinski definition) is 9. The summed E-state index contributed by atoms with van der Waals surface area (Å²) in [4.78, 5) is 13.3. The molecule has 34 heavy (non-hydrogen) atoms. The van der Waals surface area contributed by atoms with Gasteiger partial charge in [0.25, 0.3) is 0 Å². The average molecular weight is 464 g/mol. The van der Waals surface area contributed by atoms with Crippen molar-refractivity contribution in [3.05, 3.63) is 65.7 Å². The zero-order valence-electron chi connectivity index (χ0n) is 19.2. The number of hydrogen-bond donors (Lipinski definition) is 1. The van der Waals surface area contributed by atoms with E-state index in [4.69, 9.17) is 23.0 Å². The van der Waals surface area contributed by atoms with E-state index < -0.39 is 6.10 Å². The summed E-state index contributed by atoms with van der Waals surface area (Å²) in [6.07, 6.45) is -0.855. The van der Waals surface area contributed by atoms with Gasteiger partial charge in [0, 0.05) is 24.7 Å². The van der Waals surface area contributed by atoms with E-state index in [9.17, 15) is 9.90 Å². The number of aromatic nitrogens is 2. The molecule has 2 aromatic carbocycles. The lowest BCUT2D eigenvalue weighted by molar-refractivity contribution is 0.0429. The highest BCUT2D eigenvalue weighted by molar-refractivity contribution is 5.98. The van der Waals surface area contributed by atoms with Crippen LogP contribution in [0.4, 0.5) is 0 Å². The number of benzene rings is 2. The molecular weight excluding hydrogens is 440 g/mol. The van der Waals surface area contributed by atoms with Crippen molar-refractivity contribution in [1.29, 1.82) is 0 Å². The van der Waals surface area contributed by atoms with E-state index in [0.29, 0.717) is 35.3 Å². The van der Waals surface area contributed by atoms with Crippen LogP contribution in [0.5, 0.6) is 17.2 Å². The van der Waals surface area contributed by atoms with E-state index in [0.717, 1.165) is 5.56 Å². The van der Waals surface area contributed by atoms with Gasteiger partial charge < -0.3 is 28.2 Å². The van der Waals surface area contributed by atoms with Crippen LogP contribution in [0.25, 0.3) is 22.8 Å². The number of furan rings is 1. The van der Waals surface area contributed by atoms with Crippen LogP contribution in [0.3, 0.4) is 0 Å².